The SMILES string of the molecule is COCC1CCS(=O)(=O)C12CN(Cc1sccc1C)C2. The Morgan fingerprint density at radius 2 is 2.25 bits per heavy atom. The van der Waals surface area contributed by atoms with Gasteiger partial charge < -0.3 is 4.74 Å². The van der Waals surface area contributed by atoms with Crippen molar-refractivity contribution in [3.05, 3.63) is 21.9 Å². The molecule has 20 heavy (non-hydrogen) atoms. The minimum Gasteiger partial charge on any atom is -0.384 e. The van der Waals surface area contributed by atoms with E-state index in [1.54, 1.807) is 18.4 Å². The van der Waals surface area contributed by atoms with Crippen molar-refractivity contribution < 1.29 is 13.2 Å². The van der Waals surface area contributed by atoms with Crippen LogP contribution >= 0.6 is 11.3 Å². The predicted molar refractivity (Wildman–Crippen MR) is 80.8 cm³/mol. The number of ether oxygens (including phenoxy) is 1. The van der Waals surface area contributed by atoms with Crippen LogP contribution in [0.4, 0.5) is 0 Å². The Bertz CT molecular complexity index is 587. The lowest BCUT2D eigenvalue weighted by atomic mass is 9.83. The Hall–Kier alpha value is -0.430. The third-order valence-electron chi connectivity index (χ3n) is 4.78. The van der Waals surface area contributed by atoms with Crippen LogP contribution in [0.5, 0.6) is 0 Å². The van der Waals surface area contributed by atoms with E-state index in [9.17, 15) is 8.42 Å². The first-order valence-corrected chi connectivity index (χ1v) is 9.48. The summed E-state index contributed by atoms with van der Waals surface area (Å²) < 4.78 is 29.5. The summed E-state index contributed by atoms with van der Waals surface area (Å²) in [6, 6.07) is 2.12. The quantitative estimate of drug-likeness (QED) is 0.848. The van der Waals surface area contributed by atoms with Crippen LogP contribution in [0.2, 0.25) is 0 Å². The van der Waals surface area contributed by atoms with Gasteiger partial charge in [-0.05, 0) is 30.4 Å². The van der Waals surface area contributed by atoms with Gasteiger partial charge in [0.2, 0.25) is 0 Å². The summed E-state index contributed by atoms with van der Waals surface area (Å²) in [7, 11) is -1.30. The summed E-state index contributed by atoms with van der Waals surface area (Å²) in [4.78, 5) is 3.60. The molecule has 2 aliphatic heterocycles. The Morgan fingerprint density at radius 3 is 2.85 bits per heavy atom. The average Bonchev–Trinajstić information content (AvgIpc) is 2.84. The molecule has 2 fully saturated rings. The molecular weight excluding hydrogens is 294 g/mol. The fourth-order valence-electron chi connectivity index (χ4n) is 3.50. The van der Waals surface area contributed by atoms with E-state index in [1.807, 2.05) is 0 Å². The molecule has 0 N–H and O–H groups in total. The monoisotopic (exact) mass is 315 g/mol. The van der Waals surface area contributed by atoms with Gasteiger partial charge in [0, 0.05) is 37.5 Å². The molecule has 1 spiro atoms. The van der Waals surface area contributed by atoms with E-state index in [0.717, 1.165) is 13.0 Å². The fourth-order valence-corrected chi connectivity index (χ4v) is 6.90. The molecule has 2 aliphatic rings. The number of hydrogen-bond donors (Lipinski definition) is 0. The molecular formula is C14H21NO3S2. The first-order chi connectivity index (χ1) is 9.48. The van der Waals surface area contributed by atoms with Gasteiger partial charge in [0.25, 0.3) is 0 Å². The molecule has 1 unspecified atom stereocenters. The van der Waals surface area contributed by atoms with Crippen LogP contribution in [0.3, 0.4) is 0 Å². The number of sulfone groups is 1. The second-order valence-electron chi connectivity index (χ2n) is 6.00. The lowest BCUT2D eigenvalue weighted by Crippen LogP contribution is -2.67. The molecule has 1 aromatic heterocycles. The Labute approximate surface area is 124 Å². The number of nitrogens with zero attached hydrogens (tertiary/aromatic N) is 1. The van der Waals surface area contributed by atoms with Crippen LogP contribution in [0, 0.1) is 12.8 Å². The molecule has 3 rings (SSSR count). The Morgan fingerprint density at radius 1 is 1.50 bits per heavy atom. The third kappa shape index (κ3) is 2.13. The van der Waals surface area contributed by atoms with E-state index in [1.165, 1.54) is 10.4 Å². The number of likely N-dealkylation sites (tertiary alicyclic amines) is 1. The molecule has 0 aromatic carbocycles. The summed E-state index contributed by atoms with van der Waals surface area (Å²) in [6.45, 7) is 4.88. The van der Waals surface area contributed by atoms with Crippen molar-refractivity contribution in [1.29, 1.82) is 0 Å². The van der Waals surface area contributed by atoms with Crippen LogP contribution < -0.4 is 0 Å². The van der Waals surface area contributed by atoms with Gasteiger partial charge in [-0.3, -0.25) is 4.90 Å². The summed E-state index contributed by atoms with van der Waals surface area (Å²) in [5.74, 6) is 0.491. The maximum Gasteiger partial charge on any atom is 0.158 e. The molecule has 4 nitrogen and oxygen atoms in total. The molecule has 0 saturated carbocycles. The highest BCUT2D eigenvalue weighted by Crippen LogP contribution is 2.45. The lowest BCUT2D eigenvalue weighted by Gasteiger charge is -2.50. The summed E-state index contributed by atoms with van der Waals surface area (Å²) in [5, 5.41) is 2.10. The van der Waals surface area contributed by atoms with E-state index in [0.29, 0.717) is 25.4 Å². The van der Waals surface area contributed by atoms with Crippen molar-refractivity contribution in [3.63, 3.8) is 0 Å². The fraction of sp³-hybridized carbons (Fsp3) is 0.714. The summed E-state index contributed by atoms with van der Waals surface area (Å²) in [6.07, 6.45) is 0.752. The zero-order chi connectivity index (χ0) is 14.4. The normalized spacial score (nSPS) is 27.8. The zero-order valence-electron chi connectivity index (χ0n) is 12.0. The summed E-state index contributed by atoms with van der Waals surface area (Å²) in [5.41, 5.74) is 1.30. The van der Waals surface area contributed by atoms with Gasteiger partial charge in [-0.25, -0.2) is 8.42 Å². The van der Waals surface area contributed by atoms with Gasteiger partial charge in [0.15, 0.2) is 9.84 Å². The van der Waals surface area contributed by atoms with E-state index in [2.05, 4.69) is 23.3 Å². The van der Waals surface area contributed by atoms with Crippen molar-refractivity contribution in [2.24, 2.45) is 5.92 Å². The Kier molecular flexibility index (Phi) is 3.69. The van der Waals surface area contributed by atoms with Crippen LogP contribution in [-0.4, -0.2) is 50.6 Å². The molecule has 0 bridgehead atoms. The zero-order valence-corrected chi connectivity index (χ0v) is 13.6. The Balaban J connectivity index is 1.71. The highest BCUT2D eigenvalue weighted by atomic mass is 32.2. The number of thiophene rings is 1. The molecule has 112 valence electrons. The predicted octanol–water partition coefficient (Wildman–Crippen LogP) is 1.69. The molecule has 1 atom stereocenters. The average molecular weight is 315 g/mol. The van der Waals surface area contributed by atoms with Gasteiger partial charge in [-0.15, -0.1) is 11.3 Å². The van der Waals surface area contributed by atoms with Crippen molar-refractivity contribution >= 4 is 21.2 Å². The van der Waals surface area contributed by atoms with E-state index in [-0.39, 0.29) is 5.92 Å². The van der Waals surface area contributed by atoms with Crippen molar-refractivity contribution in [3.8, 4) is 0 Å². The number of hydrogen-bond acceptors (Lipinski definition) is 5. The van der Waals surface area contributed by atoms with Crippen LogP contribution in [0.15, 0.2) is 11.4 Å². The minimum absolute atomic E-state index is 0.165. The summed E-state index contributed by atoms with van der Waals surface area (Å²) >= 11 is 1.75. The van der Waals surface area contributed by atoms with Gasteiger partial charge in [0.05, 0.1) is 12.4 Å². The molecule has 0 amide bonds. The smallest absolute Gasteiger partial charge is 0.158 e. The van der Waals surface area contributed by atoms with E-state index in [4.69, 9.17) is 4.74 Å². The maximum atomic E-state index is 12.4. The third-order valence-corrected chi connectivity index (χ3v) is 8.40. The van der Waals surface area contributed by atoms with Gasteiger partial charge in [0.1, 0.15) is 4.75 Å². The largest absolute Gasteiger partial charge is 0.384 e. The lowest BCUT2D eigenvalue weighted by molar-refractivity contribution is 0.0416. The first kappa shape index (κ1) is 14.5. The molecule has 3 heterocycles. The second-order valence-corrected chi connectivity index (χ2v) is 9.45. The second kappa shape index (κ2) is 5.09. The minimum atomic E-state index is -2.96. The molecule has 0 aliphatic carbocycles. The van der Waals surface area contributed by atoms with Crippen LogP contribution in [0.1, 0.15) is 16.9 Å². The van der Waals surface area contributed by atoms with Crippen LogP contribution in [-0.2, 0) is 21.1 Å². The van der Waals surface area contributed by atoms with Crippen molar-refractivity contribution in [2.75, 3.05) is 32.6 Å². The highest BCUT2D eigenvalue weighted by molar-refractivity contribution is 7.93. The standard InChI is InChI=1S/C14H21NO3S2/c1-11-3-5-19-13(11)7-15-9-14(10-15)12(8-18-2)4-6-20(14,16)17/h3,5,12H,4,6-10H2,1-2H3. The van der Waals surface area contributed by atoms with Gasteiger partial charge in [-0.1, -0.05) is 0 Å². The first-order valence-electron chi connectivity index (χ1n) is 6.95. The van der Waals surface area contributed by atoms with E-state index >= 15 is 0 Å². The maximum absolute atomic E-state index is 12.4. The molecule has 1 aromatic rings. The topological polar surface area (TPSA) is 46.6 Å². The van der Waals surface area contributed by atoms with Crippen molar-refractivity contribution in [1.82, 2.24) is 4.90 Å². The highest BCUT2D eigenvalue weighted by Gasteiger charge is 2.61. The van der Waals surface area contributed by atoms with Gasteiger partial charge >= 0.3 is 0 Å². The number of methoxy groups -OCH3 is 1. The molecule has 6 heteroatoms. The van der Waals surface area contributed by atoms with Crippen LogP contribution in [0.25, 0.3) is 0 Å². The molecule has 2 saturated heterocycles. The van der Waals surface area contributed by atoms with Crippen molar-refractivity contribution in [2.45, 2.75) is 24.6 Å². The number of aryl methyl sites for hydroxylation is 1. The van der Waals surface area contributed by atoms with Gasteiger partial charge in [-0.2, -0.15) is 0 Å². The number of rotatable bonds is 4. The molecule has 0 radical (unpaired) electrons. The van der Waals surface area contributed by atoms with E-state index < -0.39 is 14.6 Å².